The van der Waals surface area contributed by atoms with Crippen molar-refractivity contribution >= 4 is 33.0 Å². The van der Waals surface area contributed by atoms with Crippen LogP contribution in [0, 0.1) is 0 Å². The third-order valence-corrected chi connectivity index (χ3v) is 5.04. The van der Waals surface area contributed by atoms with Crippen LogP contribution in [0.5, 0.6) is 0 Å². The second-order valence-electron chi connectivity index (χ2n) is 5.42. The molecule has 1 rings (SSSR count). The normalized spacial score (nSPS) is 14.2. The fourth-order valence-electron chi connectivity index (χ4n) is 2.14. The Labute approximate surface area is 138 Å². The molecule has 0 spiro atoms. The van der Waals surface area contributed by atoms with Crippen LogP contribution in [0.25, 0.3) is 0 Å². The summed E-state index contributed by atoms with van der Waals surface area (Å²) in [4.78, 5) is 2.27. The topological polar surface area (TPSA) is 75.4 Å². The molecule has 7 heteroatoms. The fraction of sp³-hybridized carbons (Fsp3) is 0.533. The summed E-state index contributed by atoms with van der Waals surface area (Å²) in [6, 6.07) is 6.93. The summed E-state index contributed by atoms with van der Waals surface area (Å²) >= 11 is 5.52. The van der Waals surface area contributed by atoms with Crippen LogP contribution in [0.15, 0.2) is 29.2 Å². The molecule has 1 aromatic carbocycles. The minimum atomic E-state index is -3.67. The lowest BCUT2D eigenvalue weighted by Crippen LogP contribution is -2.46. The predicted molar refractivity (Wildman–Crippen MR) is 95.4 cm³/mol. The number of benzene rings is 1. The second-order valence-corrected chi connectivity index (χ2v) is 7.37. The molecule has 0 aliphatic carbocycles. The fourth-order valence-corrected chi connectivity index (χ4v) is 3.14. The molecule has 0 saturated heterocycles. The van der Waals surface area contributed by atoms with Gasteiger partial charge in [-0.05, 0) is 63.2 Å². The smallest absolute Gasteiger partial charge is 0.238 e. The summed E-state index contributed by atoms with van der Waals surface area (Å²) in [6.07, 6.45) is 1.99. The Kier molecular flexibility index (Phi) is 6.77. The van der Waals surface area contributed by atoms with Crippen LogP contribution >= 0.6 is 12.2 Å². The Balaban J connectivity index is 2.90. The summed E-state index contributed by atoms with van der Waals surface area (Å²) in [6.45, 7) is 8.54. The molecule has 3 N–H and O–H groups in total. The van der Waals surface area contributed by atoms with Gasteiger partial charge in [0.25, 0.3) is 0 Å². The molecule has 5 nitrogen and oxygen atoms in total. The molecule has 0 aliphatic rings. The van der Waals surface area contributed by atoms with E-state index in [0.29, 0.717) is 17.2 Å². The third-order valence-electron chi connectivity index (χ3n) is 3.80. The van der Waals surface area contributed by atoms with E-state index in [2.05, 4.69) is 37.9 Å². The number of nitrogens with one attached hydrogen (secondary N) is 1. The van der Waals surface area contributed by atoms with Crippen LogP contribution in [0.1, 0.15) is 40.5 Å². The first-order valence-corrected chi connectivity index (χ1v) is 9.38. The highest BCUT2D eigenvalue weighted by atomic mass is 32.2. The molecule has 22 heavy (non-hydrogen) atoms. The van der Waals surface area contributed by atoms with Crippen LogP contribution in [-0.4, -0.2) is 30.5 Å². The zero-order valence-corrected chi connectivity index (χ0v) is 15.2. The molecule has 0 fully saturated rings. The monoisotopic (exact) mass is 343 g/mol. The van der Waals surface area contributed by atoms with Gasteiger partial charge in [0.1, 0.15) is 0 Å². The van der Waals surface area contributed by atoms with E-state index in [-0.39, 0.29) is 4.90 Å². The van der Waals surface area contributed by atoms with Crippen LogP contribution < -0.4 is 10.5 Å². The van der Waals surface area contributed by atoms with Crippen molar-refractivity contribution in [3.8, 4) is 0 Å². The molecule has 0 bridgehead atoms. The maximum Gasteiger partial charge on any atom is 0.238 e. The minimum absolute atomic E-state index is 0.0877. The summed E-state index contributed by atoms with van der Waals surface area (Å²) in [7, 11) is -3.67. The first-order valence-electron chi connectivity index (χ1n) is 7.42. The van der Waals surface area contributed by atoms with Gasteiger partial charge in [0.2, 0.25) is 10.0 Å². The van der Waals surface area contributed by atoms with Gasteiger partial charge in [-0.2, -0.15) is 0 Å². The second kappa shape index (κ2) is 7.89. The number of nitrogens with two attached hydrogens (primary N) is 1. The Hall–Kier alpha value is -1.18. The van der Waals surface area contributed by atoms with Crippen molar-refractivity contribution in [1.82, 2.24) is 4.90 Å². The van der Waals surface area contributed by atoms with E-state index in [1.165, 1.54) is 12.1 Å². The SMILES string of the molecule is CCC(C)N(C(=S)Nc1ccc(S(N)(=O)=O)cc1)C(C)CC. The van der Waals surface area contributed by atoms with Gasteiger partial charge in [0, 0.05) is 17.8 Å². The maximum absolute atomic E-state index is 11.3. The first kappa shape index (κ1) is 18.9. The van der Waals surface area contributed by atoms with E-state index in [0.717, 1.165) is 18.5 Å². The lowest BCUT2D eigenvalue weighted by atomic mass is 10.1. The van der Waals surface area contributed by atoms with Crippen LogP contribution in [0.3, 0.4) is 0 Å². The van der Waals surface area contributed by atoms with Gasteiger partial charge in [-0.1, -0.05) is 13.8 Å². The highest BCUT2D eigenvalue weighted by Crippen LogP contribution is 2.17. The standard InChI is InChI=1S/C15H25N3O2S2/c1-5-11(3)18(12(4)6-2)15(21)17-13-7-9-14(10-8-13)22(16,19)20/h7-12H,5-6H2,1-4H3,(H,17,21)(H2,16,19,20). The molecule has 0 saturated carbocycles. The summed E-state index contributed by atoms with van der Waals surface area (Å²) in [5.74, 6) is 0. The molecule has 2 unspecified atom stereocenters. The lowest BCUT2D eigenvalue weighted by Gasteiger charge is -2.36. The van der Waals surface area contributed by atoms with Crippen LogP contribution in [-0.2, 0) is 10.0 Å². The minimum Gasteiger partial charge on any atom is -0.344 e. The quantitative estimate of drug-likeness (QED) is 0.777. The number of primary sulfonamides is 1. The highest BCUT2D eigenvalue weighted by Gasteiger charge is 2.20. The van der Waals surface area contributed by atoms with Gasteiger partial charge < -0.3 is 10.2 Å². The van der Waals surface area contributed by atoms with Gasteiger partial charge in [-0.25, -0.2) is 13.6 Å². The van der Waals surface area contributed by atoms with Gasteiger partial charge >= 0.3 is 0 Å². The number of hydrogen-bond acceptors (Lipinski definition) is 3. The molecule has 0 heterocycles. The zero-order valence-electron chi connectivity index (χ0n) is 13.5. The molecule has 1 aromatic rings. The average Bonchev–Trinajstić information content (AvgIpc) is 2.46. The van der Waals surface area contributed by atoms with Crippen molar-refractivity contribution in [2.24, 2.45) is 5.14 Å². The number of sulfonamides is 1. The summed E-state index contributed by atoms with van der Waals surface area (Å²) in [5.41, 5.74) is 0.744. The van der Waals surface area contributed by atoms with Gasteiger partial charge in [0.15, 0.2) is 5.11 Å². The first-order chi connectivity index (χ1) is 10.2. The van der Waals surface area contributed by atoms with Gasteiger partial charge in [-0.3, -0.25) is 0 Å². The number of hydrogen-bond donors (Lipinski definition) is 2. The predicted octanol–water partition coefficient (Wildman–Crippen LogP) is 2.93. The van der Waals surface area contributed by atoms with Gasteiger partial charge in [-0.15, -0.1) is 0 Å². The number of thiocarbonyl (C=S) groups is 1. The van der Waals surface area contributed by atoms with Crippen molar-refractivity contribution in [3.63, 3.8) is 0 Å². The van der Waals surface area contributed by atoms with E-state index in [1.54, 1.807) is 12.1 Å². The number of rotatable bonds is 6. The van der Waals surface area contributed by atoms with Gasteiger partial charge in [0.05, 0.1) is 4.90 Å². The molecule has 0 aromatic heterocycles. The maximum atomic E-state index is 11.3. The largest absolute Gasteiger partial charge is 0.344 e. The van der Waals surface area contributed by atoms with E-state index in [9.17, 15) is 8.42 Å². The van der Waals surface area contributed by atoms with E-state index in [4.69, 9.17) is 17.4 Å². The molecular weight excluding hydrogens is 318 g/mol. The van der Waals surface area contributed by atoms with E-state index < -0.39 is 10.0 Å². The third kappa shape index (κ3) is 4.93. The van der Waals surface area contributed by atoms with E-state index in [1.807, 2.05) is 0 Å². The molecule has 0 radical (unpaired) electrons. The Morgan fingerprint density at radius 1 is 1.18 bits per heavy atom. The molecule has 0 amide bonds. The molecular formula is C15H25N3O2S2. The van der Waals surface area contributed by atoms with E-state index >= 15 is 0 Å². The lowest BCUT2D eigenvalue weighted by molar-refractivity contribution is 0.254. The van der Waals surface area contributed by atoms with Crippen LogP contribution in [0.2, 0.25) is 0 Å². The van der Waals surface area contributed by atoms with Crippen molar-refractivity contribution < 1.29 is 8.42 Å². The zero-order chi connectivity index (χ0) is 16.9. The Morgan fingerprint density at radius 3 is 2.00 bits per heavy atom. The Morgan fingerprint density at radius 2 is 1.64 bits per heavy atom. The van der Waals surface area contributed by atoms with Crippen molar-refractivity contribution in [2.75, 3.05) is 5.32 Å². The van der Waals surface area contributed by atoms with Crippen molar-refractivity contribution in [2.45, 2.75) is 57.5 Å². The van der Waals surface area contributed by atoms with Crippen molar-refractivity contribution in [1.29, 1.82) is 0 Å². The highest BCUT2D eigenvalue weighted by molar-refractivity contribution is 7.89. The van der Waals surface area contributed by atoms with Crippen molar-refractivity contribution in [3.05, 3.63) is 24.3 Å². The summed E-state index contributed by atoms with van der Waals surface area (Å²) < 4.78 is 22.5. The van der Waals surface area contributed by atoms with Crippen LogP contribution in [0.4, 0.5) is 5.69 Å². The Bertz CT molecular complexity index is 590. The molecule has 0 aliphatic heterocycles. The number of nitrogens with zero attached hydrogens (tertiary/aromatic N) is 1. The molecule has 124 valence electrons. The number of anilines is 1. The summed E-state index contributed by atoms with van der Waals surface area (Å²) in [5, 5.41) is 8.91. The molecule has 2 atom stereocenters. The average molecular weight is 344 g/mol.